The number of amides is 1. The molecular formula is C30H35F2N7O3S. The van der Waals surface area contributed by atoms with Gasteiger partial charge in [-0.2, -0.15) is 10.1 Å². The van der Waals surface area contributed by atoms with Gasteiger partial charge in [0.1, 0.15) is 23.5 Å². The van der Waals surface area contributed by atoms with Gasteiger partial charge in [0.25, 0.3) is 0 Å². The molecule has 1 unspecified atom stereocenters. The summed E-state index contributed by atoms with van der Waals surface area (Å²) in [5, 5.41) is 13.5. The number of hydrogen-bond acceptors (Lipinski definition) is 9. The van der Waals surface area contributed by atoms with Crippen molar-refractivity contribution < 1.29 is 23.0 Å². The van der Waals surface area contributed by atoms with E-state index in [1.807, 2.05) is 27.8 Å². The number of ether oxygens (including phenoxy) is 2. The van der Waals surface area contributed by atoms with Crippen molar-refractivity contribution in [2.45, 2.75) is 70.7 Å². The molecule has 0 spiro atoms. The second kappa shape index (κ2) is 11.8. The molecule has 3 aromatic heterocycles. The Labute approximate surface area is 252 Å². The van der Waals surface area contributed by atoms with E-state index >= 15 is 8.78 Å². The number of nitrogens with zero attached hydrogens (tertiary/aromatic N) is 7. The summed E-state index contributed by atoms with van der Waals surface area (Å²) in [6, 6.07) is 4.20. The summed E-state index contributed by atoms with van der Waals surface area (Å²) in [4.78, 5) is 20.9. The van der Waals surface area contributed by atoms with Gasteiger partial charge in [-0.05, 0) is 71.1 Å². The lowest BCUT2D eigenvalue weighted by Gasteiger charge is -2.37. The molecule has 5 heterocycles. The van der Waals surface area contributed by atoms with Crippen molar-refractivity contribution in [2.24, 2.45) is 0 Å². The molecule has 2 fully saturated rings. The molecule has 0 N–H and O–H groups in total. The highest BCUT2D eigenvalue weighted by Gasteiger charge is 2.30. The van der Waals surface area contributed by atoms with Crippen LogP contribution in [0.1, 0.15) is 59.1 Å². The Morgan fingerprint density at radius 2 is 1.81 bits per heavy atom. The molecule has 13 heteroatoms. The average molecular weight is 612 g/mol. The van der Waals surface area contributed by atoms with Crippen molar-refractivity contribution in [3.63, 3.8) is 0 Å². The van der Waals surface area contributed by atoms with Gasteiger partial charge in [-0.15, -0.1) is 10.2 Å². The van der Waals surface area contributed by atoms with Crippen LogP contribution in [0.2, 0.25) is 0 Å². The predicted octanol–water partition coefficient (Wildman–Crippen LogP) is 6.43. The van der Waals surface area contributed by atoms with Gasteiger partial charge in [-0.3, -0.25) is 0 Å². The second-order valence-corrected chi connectivity index (χ2v) is 13.1. The zero-order chi connectivity index (χ0) is 30.3. The van der Waals surface area contributed by atoms with E-state index in [0.717, 1.165) is 48.0 Å². The maximum Gasteiger partial charge on any atom is 0.410 e. The lowest BCUT2D eigenvalue weighted by atomic mass is 10.0. The number of carbonyl (C=O) groups excluding carboxylic acids is 1. The lowest BCUT2D eigenvalue weighted by molar-refractivity contribution is -0.0394. The third-order valence-corrected chi connectivity index (χ3v) is 8.89. The Balaban J connectivity index is 1.17. The summed E-state index contributed by atoms with van der Waals surface area (Å²) in [6.45, 7) is 7.42. The van der Waals surface area contributed by atoms with Crippen LogP contribution < -0.4 is 4.90 Å². The highest BCUT2D eigenvalue weighted by atomic mass is 32.1. The smallest absolute Gasteiger partial charge is 0.410 e. The Morgan fingerprint density at radius 3 is 2.53 bits per heavy atom. The number of halogens is 2. The van der Waals surface area contributed by atoms with Crippen LogP contribution in [-0.4, -0.2) is 74.3 Å². The van der Waals surface area contributed by atoms with E-state index in [4.69, 9.17) is 9.47 Å². The van der Waals surface area contributed by atoms with E-state index in [0.29, 0.717) is 30.9 Å². The summed E-state index contributed by atoms with van der Waals surface area (Å²) in [5.41, 5.74) is 0.761. The van der Waals surface area contributed by atoms with E-state index in [9.17, 15) is 4.79 Å². The molecule has 6 rings (SSSR count). The van der Waals surface area contributed by atoms with Gasteiger partial charge in [0, 0.05) is 55.7 Å². The summed E-state index contributed by atoms with van der Waals surface area (Å²) in [6.07, 6.45) is 7.15. The predicted molar refractivity (Wildman–Crippen MR) is 160 cm³/mol. The maximum absolute atomic E-state index is 15.4. The normalized spacial score (nSPS) is 18.3. The monoisotopic (exact) mass is 611 g/mol. The van der Waals surface area contributed by atoms with Crippen LogP contribution in [-0.2, 0) is 9.47 Å². The first-order valence-corrected chi connectivity index (χ1v) is 15.4. The zero-order valence-corrected chi connectivity index (χ0v) is 25.5. The minimum atomic E-state index is -0.606. The highest BCUT2D eigenvalue weighted by Crippen LogP contribution is 2.35. The van der Waals surface area contributed by atoms with Gasteiger partial charge >= 0.3 is 6.09 Å². The first-order valence-electron chi connectivity index (χ1n) is 14.6. The van der Waals surface area contributed by atoms with Crippen molar-refractivity contribution in [3.05, 3.63) is 42.2 Å². The summed E-state index contributed by atoms with van der Waals surface area (Å²) in [7, 11) is 1.97. The largest absolute Gasteiger partial charge is 0.444 e. The number of thiazole rings is 1. The number of rotatable bonds is 5. The topological polar surface area (TPSA) is 98.5 Å². The first kappa shape index (κ1) is 29.4. The summed E-state index contributed by atoms with van der Waals surface area (Å²) in [5.74, 6) is -1.19. The van der Waals surface area contributed by atoms with E-state index in [1.165, 1.54) is 23.6 Å². The van der Waals surface area contributed by atoms with Gasteiger partial charge < -0.3 is 19.3 Å². The molecule has 10 nitrogen and oxygen atoms in total. The quantitative estimate of drug-likeness (QED) is 0.255. The van der Waals surface area contributed by atoms with Crippen molar-refractivity contribution in [3.8, 4) is 22.4 Å². The fourth-order valence-electron chi connectivity index (χ4n) is 5.46. The average Bonchev–Trinajstić information content (AvgIpc) is 3.65. The van der Waals surface area contributed by atoms with Crippen LogP contribution in [0.5, 0.6) is 0 Å². The SMILES string of the molecule is CN(c1nc2nnc(-c3cc(F)c(-c4cnn(C5CCCCO5)c4)cc3F)cc2s1)C1CCN(C(=O)OC(C)(C)C)CC1. The van der Waals surface area contributed by atoms with Gasteiger partial charge in [0.2, 0.25) is 0 Å². The first-order chi connectivity index (χ1) is 20.6. The number of likely N-dealkylation sites (tertiary alicyclic amines) is 1. The van der Waals surface area contributed by atoms with Gasteiger partial charge in [-0.1, -0.05) is 11.3 Å². The van der Waals surface area contributed by atoms with Crippen LogP contribution in [0, 0.1) is 11.6 Å². The number of carbonyl (C=O) groups is 1. The Kier molecular flexibility index (Phi) is 8.03. The molecule has 0 radical (unpaired) electrons. The van der Waals surface area contributed by atoms with Crippen molar-refractivity contribution in [2.75, 3.05) is 31.6 Å². The van der Waals surface area contributed by atoms with Crippen molar-refractivity contribution in [1.29, 1.82) is 0 Å². The van der Waals surface area contributed by atoms with Gasteiger partial charge in [0.05, 0.1) is 16.6 Å². The van der Waals surface area contributed by atoms with E-state index in [1.54, 1.807) is 21.8 Å². The molecule has 1 aromatic carbocycles. The molecular weight excluding hydrogens is 576 g/mol. The van der Waals surface area contributed by atoms with Crippen LogP contribution in [0.15, 0.2) is 30.6 Å². The van der Waals surface area contributed by atoms with Gasteiger partial charge in [0.15, 0.2) is 10.8 Å². The molecule has 228 valence electrons. The zero-order valence-electron chi connectivity index (χ0n) is 24.7. The van der Waals surface area contributed by atoms with Crippen molar-refractivity contribution >= 4 is 32.9 Å². The number of aromatic nitrogens is 5. The molecule has 2 aliphatic heterocycles. The molecule has 1 amide bonds. The number of benzene rings is 1. The number of fused-ring (bicyclic) bond motifs is 1. The molecule has 0 bridgehead atoms. The number of piperidine rings is 1. The molecule has 0 aliphatic carbocycles. The van der Waals surface area contributed by atoms with E-state index in [-0.39, 0.29) is 35.2 Å². The van der Waals surface area contributed by atoms with Crippen molar-refractivity contribution in [1.82, 2.24) is 29.9 Å². The summed E-state index contributed by atoms with van der Waals surface area (Å²) >= 11 is 1.42. The summed E-state index contributed by atoms with van der Waals surface area (Å²) < 4.78 is 44.3. The Morgan fingerprint density at radius 1 is 1.07 bits per heavy atom. The van der Waals surface area contributed by atoms with E-state index < -0.39 is 17.2 Å². The standard InChI is InChI=1S/C30H35F2N7O3S/c1-30(2,3)42-29(40)38-10-8-19(9-11-38)37(4)28-34-27-25(43-28)15-24(35-36-27)21-14-22(31)20(13-23(21)32)18-16-33-39(17-18)26-7-5-6-12-41-26/h13-17,19,26H,5-12H2,1-4H3. The van der Waals surface area contributed by atoms with Crippen LogP contribution in [0.3, 0.4) is 0 Å². The van der Waals surface area contributed by atoms with Crippen LogP contribution in [0.25, 0.3) is 32.7 Å². The second-order valence-electron chi connectivity index (χ2n) is 12.1. The van der Waals surface area contributed by atoms with Crippen LogP contribution >= 0.6 is 11.3 Å². The molecule has 2 aliphatic rings. The molecule has 0 saturated carbocycles. The number of anilines is 1. The van der Waals surface area contributed by atoms with Crippen LogP contribution in [0.4, 0.5) is 18.7 Å². The fraction of sp³-hybridized carbons (Fsp3) is 0.500. The Hall–Kier alpha value is -3.71. The maximum atomic E-state index is 15.4. The Bertz CT molecular complexity index is 1620. The van der Waals surface area contributed by atoms with E-state index in [2.05, 4.69) is 25.2 Å². The molecule has 4 aromatic rings. The van der Waals surface area contributed by atoms with Gasteiger partial charge in [-0.25, -0.2) is 18.3 Å². The minimum Gasteiger partial charge on any atom is -0.444 e. The molecule has 43 heavy (non-hydrogen) atoms. The third-order valence-electron chi connectivity index (χ3n) is 7.80. The fourth-order valence-corrected chi connectivity index (χ4v) is 6.43. The minimum absolute atomic E-state index is 0.0245. The molecule has 1 atom stereocenters. The highest BCUT2D eigenvalue weighted by molar-refractivity contribution is 7.22. The molecule has 2 saturated heterocycles. The third kappa shape index (κ3) is 6.32. The number of hydrogen-bond donors (Lipinski definition) is 0. The lowest BCUT2D eigenvalue weighted by Crippen LogP contribution is -2.47.